The van der Waals surface area contributed by atoms with Gasteiger partial charge in [0.2, 0.25) is 0 Å². The molecule has 0 atom stereocenters. The molecule has 1 aliphatic heterocycles. The molecule has 98 valence electrons. The highest BCUT2D eigenvalue weighted by molar-refractivity contribution is 7.97. The number of hydrogen-bond acceptors (Lipinski definition) is 3. The minimum atomic E-state index is -0.235. The van der Waals surface area contributed by atoms with Gasteiger partial charge in [0, 0.05) is 37.5 Å². The maximum atomic E-state index is 13.5. The Kier molecular flexibility index (Phi) is 4.60. The molecule has 1 saturated heterocycles. The molecule has 2 rings (SSSR count). The Morgan fingerprint density at radius 3 is 2.83 bits per heavy atom. The van der Waals surface area contributed by atoms with Crippen LogP contribution in [0.25, 0.3) is 0 Å². The fraction of sp³-hybridized carbons (Fsp3) is 0.462. The summed E-state index contributed by atoms with van der Waals surface area (Å²) in [5, 5.41) is 3.20. The van der Waals surface area contributed by atoms with Gasteiger partial charge >= 0.3 is 0 Å². The van der Waals surface area contributed by atoms with Gasteiger partial charge in [-0.1, -0.05) is 0 Å². The molecule has 0 saturated carbocycles. The Morgan fingerprint density at radius 2 is 2.17 bits per heavy atom. The maximum absolute atomic E-state index is 13.5. The van der Waals surface area contributed by atoms with Crippen LogP contribution in [0.15, 0.2) is 18.2 Å². The van der Waals surface area contributed by atoms with Crippen LogP contribution in [0, 0.1) is 5.82 Å². The standard InChI is InChI=1S/C13H17FN2OS/c1-18-9-11-8-10(2-3-12(11)14)13(17)16-6-4-15-5-7-16/h2-3,8,15H,4-7,9H2,1H3. The lowest BCUT2D eigenvalue weighted by Gasteiger charge is -2.27. The molecular weight excluding hydrogens is 251 g/mol. The van der Waals surface area contributed by atoms with Crippen LogP contribution >= 0.6 is 11.8 Å². The van der Waals surface area contributed by atoms with E-state index >= 15 is 0 Å². The SMILES string of the molecule is CSCc1cc(C(=O)N2CCNCC2)ccc1F. The molecule has 1 amide bonds. The fourth-order valence-corrected chi connectivity index (χ4v) is 2.56. The normalized spacial score (nSPS) is 15.8. The summed E-state index contributed by atoms with van der Waals surface area (Å²) >= 11 is 1.55. The Morgan fingerprint density at radius 1 is 1.44 bits per heavy atom. The number of nitrogens with zero attached hydrogens (tertiary/aromatic N) is 1. The first kappa shape index (κ1) is 13.4. The van der Waals surface area contributed by atoms with Gasteiger partial charge in [0.1, 0.15) is 5.82 Å². The number of rotatable bonds is 3. The zero-order valence-corrected chi connectivity index (χ0v) is 11.2. The molecule has 0 aliphatic carbocycles. The van der Waals surface area contributed by atoms with Crippen molar-refractivity contribution in [3.05, 3.63) is 35.1 Å². The highest BCUT2D eigenvalue weighted by Gasteiger charge is 2.18. The number of halogens is 1. The summed E-state index contributed by atoms with van der Waals surface area (Å²) in [6.45, 7) is 3.08. The number of thioether (sulfide) groups is 1. The van der Waals surface area contributed by atoms with Crippen molar-refractivity contribution in [2.75, 3.05) is 32.4 Å². The highest BCUT2D eigenvalue weighted by atomic mass is 32.2. The van der Waals surface area contributed by atoms with Gasteiger partial charge in [0.05, 0.1) is 0 Å². The van der Waals surface area contributed by atoms with E-state index in [2.05, 4.69) is 5.32 Å². The van der Waals surface area contributed by atoms with Gasteiger partial charge in [-0.15, -0.1) is 0 Å². The number of amides is 1. The Labute approximate surface area is 111 Å². The Bertz CT molecular complexity index is 433. The number of nitrogens with one attached hydrogen (secondary N) is 1. The van der Waals surface area contributed by atoms with Gasteiger partial charge in [-0.05, 0) is 30.0 Å². The molecule has 1 aromatic rings. The average Bonchev–Trinajstić information content (AvgIpc) is 2.42. The predicted molar refractivity (Wildman–Crippen MR) is 72.4 cm³/mol. The third-order valence-corrected chi connectivity index (χ3v) is 3.60. The fourth-order valence-electron chi connectivity index (χ4n) is 2.02. The first-order valence-electron chi connectivity index (χ1n) is 5.99. The molecule has 1 aliphatic rings. The minimum Gasteiger partial charge on any atom is -0.336 e. The molecule has 1 heterocycles. The minimum absolute atomic E-state index is 0.00106. The zero-order chi connectivity index (χ0) is 13.0. The van der Waals surface area contributed by atoms with Gasteiger partial charge in [-0.3, -0.25) is 4.79 Å². The summed E-state index contributed by atoms with van der Waals surface area (Å²) in [5.74, 6) is 0.356. The van der Waals surface area contributed by atoms with E-state index in [1.807, 2.05) is 11.2 Å². The smallest absolute Gasteiger partial charge is 0.253 e. The number of carbonyl (C=O) groups is 1. The first-order chi connectivity index (χ1) is 8.72. The largest absolute Gasteiger partial charge is 0.336 e. The molecule has 0 unspecified atom stereocenters. The molecular formula is C13H17FN2OS. The molecule has 1 N–H and O–H groups in total. The zero-order valence-electron chi connectivity index (χ0n) is 10.4. The van der Waals surface area contributed by atoms with Crippen LogP contribution in [-0.2, 0) is 5.75 Å². The van der Waals surface area contributed by atoms with Gasteiger partial charge in [-0.25, -0.2) is 4.39 Å². The van der Waals surface area contributed by atoms with Crippen molar-refractivity contribution in [2.45, 2.75) is 5.75 Å². The molecule has 18 heavy (non-hydrogen) atoms. The maximum Gasteiger partial charge on any atom is 0.253 e. The summed E-state index contributed by atoms with van der Waals surface area (Å²) in [5.41, 5.74) is 1.19. The topological polar surface area (TPSA) is 32.3 Å². The van der Waals surface area contributed by atoms with E-state index in [0.717, 1.165) is 13.1 Å². The lowest BCUT2D eigenvalue weighted by atomic mass is 10.1. The third-order valence-electron chi connectivity index (χ3n) is 3.00. The summed E-state index contributed by atoms with van der Waals surface area (Å²) in [6, 6.07) is 4.64. The number of piperazine rings is 1. The van der Waals surface area contributed by atoms with Crippen LogP contribution in [0.3, 0.4) is 0 Å². The first-order valence-corrected chi connectivity index (χ1v) is 7.39. The average molecular weight is 268 g/mol. The second kappa shape index (κ2) is 6.20. The van der Waals surface area contributed by atoms with E-state index in [0.29, 0.717) is 30.0 Å². The molecule has 1 aromatic carbocycles. The van der Waals surface area contributed by atoms with E-state index in [9.17, 15) is 9.18 Å². The highest BCUT2D eigenvalue weighted by Crippen LogP contribution is 2.17. The van der Waals surface area contributed by atoms with Gasteiger partial charge in [0.25, 0.3) is 5.91 Å². The van der Waals surface area contributed by atoms with E-state index in [1.54, 1.807) is 23.9 Å². The van der Waals surface area contributed by atoms with Crippen LogP contribution in [-0.4, -0.2) is 43.2 Å². The van der Waals surface area contributed by atoms with Gasteiger partial charge < -0.3 is 10.2 Å². The van der Waals surface area contributed by atoms with Gasteiger partial charge in [0.15, 0.2) is 0 Å². The van der Waals surface area contributed by atoms with Crippen LogP contribution in [0.5, 0.6) is 0 Å². The van der Waals surface area contributed by atoms with E-state index < -0.39 is 0 Å². The van der Waals surface area contributed by atoms with Crippen molar-refractivity contribution in [1.29, 1.82) is 0 Å². The molecule has 0 radical (unpaired) electrons. The lowest BCUT2D eigenvalue weighted by molar-refractivity contribution is 0.0735. The quantitative estimate of drug-likeness (QED) is 0.906. The number of benzene rings is 1. The van der Waals surface area contributed by atoms with Crippen LogP contribution in [0.2, 0.25) is 0 Å². The summed E-state index contributed by atoms with van der Waals surface area (Å²) < 4.78 is 13.5. The lowest BCUT2D eigenvalue weighted by Crippen LogP contribution is -2.46. The Balaban J connectivity index is 2.16. The van der Waals surface area contributed by atoms with Crippen LogP contribution in [0.1, 0.15) is 15.9 Å². The van der Waals surface area contributed by atoms with Crippen molar-refractivity contribution in [1.82, 2.24) is 10.2 Å². The summed E-state index contributed by atoms with van der Waals surface area (Å²) in [6.07, 6.45) is 1.92. The molecule has 0 bridgehead atoms. The molecule has 1 fully saturated rings. The number of carbonyl (C=O) groups excluding carboxylic acids is 1. The molecule has 0 aromatic heterocycles. The summed E-state index contributed by atoms with van der Waals surface area (Å²) in [7, 11) is 0. The predicted octanol–water partition coefficient (Wildman–Crippen LogP) is 1.73. The van der Waals surface area contributed by atoms with Crippen LogP contribution in [0.4, 0.5) is 4.39 Å². The molecule has 3 nitrogen and oxygen atoms in total. The monoisotopic (exact) mass is 268 g/mol. The number of hydrogen-bond donors (Lipinski definition) is 1. The van der Waals surface area contributed by atoms with E-state index in [-0.39, 0.29) is 11.7 Å². The van der Waals surface area contributed by atoms with E-state index in [4.69, 9.17) is 0 Å². The van der Waals surface area contributed by atoms with Crippen LogP contribution < -0.4 is 5.32 Å². The van der Waals surface area contributed by atoms with Crippen molar-refractivity contribution in [3.63, 3.8) is 0 Å². The van der Waals surface area contributed by atoms with E-state index in [1.165, 1.54) is 6.07 Å². The van der Waals surface area contributed by atoms with Gasteiger partial charge in [-0.2, -0.15) is 11.8 Å². The second-order valence-electron chi connectivity index (χ2n) is 4.28. The molecule has 0 spiro atoms. The van der Waals surface area contributed by atoms with Crippen molar-refractivity contribution in [3.8, 4) is 0 Å². The Hall–Kier alpha value is -1.07. The third kappa shape index (κ3) is 3.03. The molecule has 5 heteroatoms. The second-order valence-corrected chi connectivity index (χ2v) is 5.15. The summed E-state index contributed by atoms with van der Waals surface area (Å²) in [4.78, 5) is 14.0. The van der Waals surface area contributed by atoms with Crippen molar-refractivity contribution in [2.24, 2.45) is 0 Å². The van der Waals surface area contributed by atoms with Crippen molar-refractivity contribution >= 4 is 17.7 Å². The van der Waals surface area contributed by atoms with Crippen molar-refractivity contribution < 1.29 is 9.18 Å².